The second-order valence-electron chi connectivity index (χ2n) is 4.55. The molecule has 0 N–H and O–H groups in total. The molecule has 0 radical (unpaired) electrons. The Kier molecular flexibility index (Phi) is 2.63. The Morgan fingerprint density at radius 1 is 1.00 bits per heavy atom. The summed E-state index contributed by atoms with van der Waals surface area (Å²) in [7, 11) is 0. The topological polar surface area (TPSA) is 0 Å². The van der Waals surface area contributed by atoms with E-state index in [2.05, 4.69) is 47.2 Å². The lowest BCUT2D eigenvalue weighted by molar-refractivity contribution is 0.340. The second-order valence-corrected chi connectivity index (χ2v) is 5.76. The maximum absolute atomic E-state index is 4.45. The molecule has 0 rings (SSSR count). The van der Waals surface area contributed by atoms with Crippen molar-refractivity contribution in [3.05, 3.63) is 0 Å². The van der Waals surface area contributed by atoms with Gasteiger partial charge in [-0.3, -0.25) is 0 Å². The van der Waals surface area contributed by atoms with Gasteiger partial charge in [0.25, 0.3) is 0 Å². The lowest BCUT2D eigenvalue weighted by Crippen LogP contribution is -2.20. The molecular formula is C8H18S. The molecule has 0 unspecified atom stereocenters. The van der Waals surface area contributed by atoms with Crippen LogP contribution in [0.25, 0.3) is 0 Å². The van der Waals surface area contributed by atoms with Gasteiger partial charge in [-0.1, -0.05) is 34.6 Å². The van der Waals surface area contributed by atoms with Crippen LogP contribution in [0.3, 0.4) is 0 Å². The van der Waals surface area contributed by atoms with Crippen molar-refractivity contribution < 1.29 is 0 Å². The molecule has 0 aliphatic carbocycles. The van der Waals surface area contributed by atoms with E-state index in [1.807, 2.05) is 0 Å². The summed E-state index contributed by atoms with van der Waals surface area (Å²) in [4.78, 5) is 0. The molecule has 0 heterocycles. The molecule has 0 saturated carbocycles. The third kappa shape index (κ3) is 8.35. The number of thiol groups is 1. The van der Waals surface area contributed by atoms with Crippen molar-refractivity contribution in [2.75, 3.05) is 0 Å². The maximum Gasteiger partial charge on any atom is 0.00781 e. The molecule has 0 spiro atoms. The smallest absolute Gasteiger partial charge is 0.00781 e. The molecule has 0 saturated heterocycles. The summed E-state index contributed by atoms with van der Waals surface area (Å²) in [5, 5.41) is 0. The molecule has 0 aromatic carbocycles. The van der Waals surface area contributed by atoms with Crippen molar-refractivity contribution >= 4 is 12.6 Å². The lowest BCUT2D eigenvalue weighted by Gasteiger charge is -2.27. The van der Waals surface area contributed by atoms with E-state index in [1.165, 1.54) is 0 Å². The zero-order valence-electron chi connectivity index (χ0n) is 7.15. The molecular weight excluding hydrogens is 128 g/mol. The van der Waals surface area contributed by atoms with Crippen LogP contribution in [0.1, 0.15) is 41.0 Å². The van der Waals surface area contributed by atoms with Gasteiger partial charge in [-0.05, 0) is 11.8 Å². The Balaban J connectivity index is 3.75. The van der Waals surface area contributed by atoms with E-state index in [-0.39, 0.29) is 4.75 Å². The van der Waals surface area contributed by atoms with Gasteiger partial charge in [0.2, 0.25) is 0 Å². The fraction of sp³-hybridized carbons (Fsp3) is 1.00. The third-order valence-corrected chi connectivity index (χ3v) is 1.12. The van der Waals surface area contributed by atoms with E-state index >= 15 is 0 Å². The van der Waals surface area contributed by atoms with Crippen molar-refractivity contribution in [2.45, 2.75) is 45.8 Å². The summed E-state index contributed by atoms with van der Waals surface area (Å²) >= 11 is 4.45. The molecule has 0 atom stereocenters. The highest BCUT2D eigenvalue weighted by Gasteiger charge is 2.20. The maximum atomic E-state index is 4.45. The van der Waals surface area contributed by atoms with E-state index in [1.54, 1.807) is 0 Å². The predicted molar refractivity (Wildman–Crippen MR) is 47.1 cm³/mol. The fourth-order valence-corrected chi connectivity index (χ4v) is 1.77. The normalized spacial score (nSPS) is 14.0. The molecule has 0 aliphatic rings. The molecule has 0 aromatic rings. The Morgan fingerprint density at radius 3 is 1.33 bits per heavy atom. The third-order valence-electron chi connectivity index (χ3n) is 0.963. The molecule has 0 bridgehead atoms. The molecule has 0 nitrogen and oxygen atoms in total. The van der Waals surface area contributed by atoms with Gasteiger partial charge in [0, 0.05) is 4.75 Å². The van der Waals surface area contributed by atoms with E-state index in [0.29, 0.717) is 5.41 Å². The van der Waals surface area contributed by atoms with Gasteiger partial charge in [-0.25, -0.2) is 0 Å². The molecule has 1 heteroatoms. The highest BCUT2D eigenvalue weighted by atomic mass is 32.1. The monoisotopic (exact) mass is 146 g/mol. The van der Waals surface area contributed by atoms with Gasteiger partial charge in [0.05, 0.1) is 0 Å². The van der Waals surface area contributed by atoms with Crippen LogP contribution in [-0.4, -0.2) is 4.75 Å². The first-order valence-electron chi connectivity index (χ1n) is 3.43. The fourth-order valence-electron chi connectivity index (χ4n) is 1.30. The van der Waals surface area contributed by atoms with Crippen LogP contribution in [0.4, 0.5) is 0 Å². The standard InChI is InChI=1S/C8H18S/c1-7(2,3)6-8(4,5)9/h9H,6H2,1-5H3. The van der Waals surface area contributed by atoms with Crippen molar-refractivity contribution in [1.82, 2.24) is 0 Å². The van der Waals surface area contributed by atoms with Gasteiger partial charge in [0.15, 0.2) is 0 Å². The second kappa shape index (κ2) is 2.53. The minimum Gasteiger partial charge on any atom is -0.173 e. The first-order valence-corrected chi connectivity index (χ1v) is 3.88. The summed E-state index contributed by atoms with van der Waals surface area (Å²) in [6, 6.07) is 0. The Morgan fingerprint density at radius 2 is 1.33 bits per heavy atom. The Hall–Kier alpha value is 0.350. The van der Waals surface area contributed by atoms with Crippen LogP contribution in [0, 0.1) is 5.41 Å². The van der Waals surface area contributed by atoms with E-state index in [4.69, 9.17) is 0 Å². The van der Waals surface area contributed by atoms with E-state index < -0.39 is 0 Å². The minimum absolute atomic E-state index is 0.179. The summed E-state index contributed by atoms with van der Waals surface area (Å²) in [6.45, 7) is 11.0. The van der Waals surface area contributed by atoms with Crippen molar-refractivity contribution in [3.8, 4) is 0 Å². The summed E-state index contributed by atoms with van der Waals surface area (Å²) < 4.78 is 0.179. The summed E-state index contributed by atoms with van der Waals surface area (Å²) in [5.74, 6) is 0. The number of hydrogen-bond donors (Lipinski definition) is 1. The largest absolute Gasteiger partial charge is 0.173 e. The van der Waals surface area contributed by atoms with Crippen molar-refractivity contribution in [1.29, 1.82) is 0 Å². The molecule has 0 amide bonds. The van der Waals surface area contributed by atoms with Gasteiger partial charge < -0.3 is 0 Å². The van der Waals surface area contributed by atoms with Gasteiger partial charge in [-0.2, -0.15) is 12.6 Å². The first-order chi connectivity index (χ1) is 3.71. The molecule has 0 aliphatic heterocycles. The number of rotatable bonds is 1. The quantitative estimate of drug-likeness (QED) is 0.540. The van der Waals surface area contributed by atoms with Gasteiger partial charge in [0.1, 0.15) is 0 Å². The van der Waals surface area contributed by atoms with Crippen LogP contribution < -0.4 is 0 Å². The molecule has 56 valence electrons. The lowest BCUT2D eigenvalue weighted by atomic mass is 9.86. The van der Waals surface area contributed by atoms with Crippen LogP contribution in [0.5, 0.6) is 0 Å². The Labute approximate surface area is 64.4 Å². The highest BCUT2D eigenvalue weighted by molar-refractivity contribution is 7.81. The Bertz CT molecular complexity index is 69.7. The predicted octanol–water partition coefficient (Wildman–Crippen LogP) is 3.13. The summed E-state index contributed by atoms with van der Waals surface area (Å²) in [5.41, 5.74) is 0.408. The highest BCUT2D eigenvalue weighted by Crippen LogP contribution is 2.30. The van der Waals surface area contributed by atoms with Crippen LogP contribution in [0.2, 0.25) is 0 Å². The molecule has 0 aromatic heterocycles. The van der Waals surface area contributed by atoms with Crippen LogP contribution >= 0.6 is 12.6 Å². The molecule has 0 fully saturated rings. The van der Waals surface area contributed by atoms with Gasteiger partial charge >= 0.3 is 0 Å². The first kappa shape index (κ1) is 9.35. The van der Waals surface area contributed by atoms with Crippen LogP contribution in [-0.2, 0) is 0 Å². The molecule has 9 heavy (non-hydrogen) atoms. The van der Waals surface area contributed by atoms with E-state index in [0.717, 1.165) is 6.42 Å². The zero-order chi connectivity index (χ0) is 7.71. The number of hydrogen-bond acceptors (Lipinski definition) is 1. The zero-order valence-corrected chi connectivity index (χ0v) is 8.05. The van der Waals surface area contributed by atoms with Crippen molar-refractivity contribution in [3.63, 3.8) is 0 Å². The van der Waals surface area contributed by atoms with Crippen molar-refractivity contribution in [2.24, 2.45) is 5.41 Å². The van der Waals surface area contributed by atoms with Crippen LogP contribution in [0.15, 0.2) is 0 Å². The van der Waals surface area contributed by atoms with E-state index in [9.17, 15) is 0 Å². The SMILES string of the molecule is CC(C)(C)CC(C)(C)S. The average molecular weight is 146 g/mol. The van der Waals surface area contributed by atoms with Gasteiger partial charge in [-0.15, -0.1) is 0 Å². The summed E-state index contributed by atoms with van der Waals surface area (Å²) in [6.07, 6.45) is 1.16. The average Bonchev–Trinajstić information content (AvgIpc) is 1.14. The minimum atomic E-state index is 0.179.